The van der Waals surface area contributed by atoms with E-state index < -0.39 is 23.7 Å². The second-order valence-electron chi connectivity index (χ2n) is 4.34. The van der Waals surface area contributed by atoms with Crippen LogP contribution in [0.2, 0.25) is 0 Å². The minimum Gasteiger partial charge on any atom is -0.481 e. The van der Waals surface area contributed by atoms with Crippen LogP contribution in [0.3, 0.4) is 0 Å². The molecule has 1 unspecified atom stereocenters. The molecule has 1 aromatic heterocycles. The first-order chi connectivity index (χ1) is 9.20. The standard InChI is InChI=1S/C12H13F3N2O3/c1-7(4-10(18)19)5-17-11(20)8-2-3-9(16-6-8)12(13,14)15/h2-3,6-7H,4-5H2,1H3,(H,17,20)(H,18,19). The van der Waals surface area contributed by atoms with Crippen LogP contribution >= 0.6 is 0 Å². The van der Waals surface area contributed by atoms with E-state index in [1.165, 1.54) is 0 Å². The molecule has 1 rings (SSSR count). The number of rotatable bonds is 5. The number of nitrogens with one attached hydrogen (secondary N) is 1. The van der Waals surface area contributed by atoms with Crippen molar-refractivity contribution >= 4 is 11.9 Å². The number of carboxylic acid groups (broad SMARTS) is 1. The van der Waals surface area contributed by atoms with Crippen molar-refractivity contribution in [1.29, 1.82) is 0 Å². The Kier molecular flexibility index (Phi) is 5.06. The van der Waals surface area contributed by atoms with Crippen molar-refractivity contribution in [2.45, 2.75) is 19.5 Å². The zero-order valence-corrected chi connectivity index (χ0v) is 10.6. The molecule has 8 heteroatoms. The van der Waals surface area contributed by atoms with Crippen molar-refractivity contribution in [3.63, 3.8) is 0 Å². The number of carbonyl (C=O) groups is 2. The number of halogens is 3. The third-order valence-electron chi connectivity index (χ3n) is 2.45. The lowest BCUT2D eigenvalue weighted by Gasteiger charge is -2.10. The zero-order valence-electron chi connectivity index (χ0n) is 10.6. The lowest BCUT2D eigenvalue weighted by molar-refractivity contribution is -0.141. The van der Waals surface area contributed by atoms with Gasteiger partial charge in [0.05, 0.1) is 5.56 Å². The first kappa shape index (κ1) is 15.9. The van der Waals surface area contributed by atoms with E-state index in [9.17, 15) is 22.8 Å². The van der Waals surface area contributed by atoms with Gasteiger partial charge in [-0.1, -0.05) is 6.92 Å². The first-order valence-corrected chi connectivity index (χ1v) is 5.73. The molecule has 0 aliphatic rings. The van der Waals surface area contributed by atoms with Crippen LogP contribution in [0.4, 0.5) is 13.2 Å². The van der Waals surface area contributed by atoms with E-state index in [4.69, 9.17) is 5.11 Å². The number of alkyl halides is 3. The number of aromatic nitrogens is 1. The van der Waals surface area contributed by atoms with Crippen LogP contribution in [0.15, 0.2) is 18.3 Å². The average molecular weight is 290 g/mol. The lowest BCUT2D eigenvalue weighted by atomic mass is 10.1. The summed E-state index contributed by atoms with van der Waals surface area (Å²) >= 11 is 0. The van der Waals surface area contributed by atoms with Crippen LogP contribution in [-0.4, -0.2) is 28.5 Å². The normalized spacial score (nSPS) is 12.8. The highest BCUT2D eigenvalue weighted by Crippen LogP contribution is 2.27. The first-order valence-electron chi connectivity index (χ1n) is 5.73. The highest BCUT2D eigenvalue weighted by molar-refractivity contribution is 5.93. The van der Waals surface area contributed by atoms with Gasteiger partial charge in [-0.15, -0.1) is 0 Å². The summed E-state index contributed by atoms with van der Waals surface area (Å²) in [5.74, 6) is -1.86. The fourth-order valence-electron chi connectivity index (χ4n) is 1.44. The molecule has 1 atom stereocenters. The van der Waals surface area contributed by atoms with Crippen molar-refractivity contribution < 1.29 is 27.9 Å². The van der Waals surface area contributed by atoms with Crippen LogP contribution in [0.25, 0.3) is 0 Å². The van der Waals surface area contributed by atoms with Gasteiger partial charge >= 0.3 is 12.1 Å². The molecule has 0 saturated heterocycles. The molecule has 20 heavy (non-hydrogen) atoms. The minimum absolute atomic E-state index is 0.0134. The van der Waals surface area contributed by atoms with Gasteiger partial charge in [0, 0.05) is 19.2 Å². The molecule has 2 N–H and O–H groups in total. The maximum Gasteiger partial charge on any atom is 0.433 e. The van der Waals surface area contributed by atoms with Gasteiger partial charge in [0.25, 0.3) is 5.91 Å². The summed E-state index contributed by atoms with van der Waals surface area (Å²) in [6.07, 6.45) is -3.82. The van der Waals surface area contributed by atoms with E-state index in [-0.39, 0.29) is 24.4 Å². The summed E-state index contributed by atoms with van der Waals surface area (Å²) in [5, 5.41) is 11.0. The third-order valence-corrected chi connectivity index (χ3v) is 2.45. The van der Waals surface area contributed by atoms with Gasteiger partial charge in [0.2, 0.25) is 0 Å². The molecule has 0 aromatic carbocycles. The largest absolute Gasteiger partial charge is 0.481 e. The second-order valence-corrected chi connectivity index (χ2v) is 4.34. The van der Waals surface area contributed by atoms with Gasteiger partial charge in [0.15, 0.2) is 0 Å². The summed E-state index contributed by atoms with van der Waals surface area (Å²) in [6.45, 7) is 1.76. The molecule has 0 aliphatic carbocycles. The van der Waals surface area contributed by atoms with Gasteiger partial charge in [-0.3, -0.25) is 14.6 Å². The molecule has 0 fully saturated rings. The quantitative estimate of drug-likeness (QED) is 0.868. The molecule has 0 spiro atoms. The Balaban J connectivity index is 2.58. The van der Waals surface area contributed by atoms with Crippen LogP contribution < -0.4 is 5.32 Å². The van der Waals surface area contributed by atoms with Crippen LogP contribution in [0, 0.1) is 5.92 Å². The third kappa shape index (κ3) is 4.87. The van der Waals surface area contributed by atoms with Crippen LogP contribution in [0.1, 0.15) is 29.4 Å². The van der Waals surface area contributed by atoms with E-state index in [2.05, 4.69) is 10.3 Å². The number of carbonyl (C=O) groups excluding carboxylic acids is 1. The monoisotopic (exact) mass is 290 g/mol. The summed E-state index contributed by atoms with van der Waals surface area (Å²) < 4.78 is 36.8. The topological polar surface area (TPSA) is 79.3 Å². The lowest BCUT2D eigenvalue weighted by Crippen LogP contribution is -2.29. The summed E-state index contributed by atoms with van der Waals surface area (Å²) in [7, 11) is 0. The number of nitrogens with zero attached hydrogens (tertiary/aromatic N) is 1. The van der Waals surface area contributed by atoms with Gasteiger partial charge in [-0.25, -0.2) is 0 Å². The van der Waals surface area contributed by atoms with Crippen molar-refractivity contribution in [2.75, 3.05) is 6.54 Å². The van der Waals surface area contributed by atoms with E-state index in [0.29, 0.717) is 0 Å². The van der Waals surface area contributed by atoms with Gasteiger partial charge < -0.3 is 10.4 Å². The molecule has 0 saturated carbocycles. The van der Waals surface area contributed by atoms with Crippen molar-refractivity contribution in [3.8, 4) is 0 Å². The Labute approximate surface area is 112 Å². The van der Waals surface area contributed by atoms with Gasteiger partial charge in [0.1, 0.15) is 5.69 Å². The van der Waals surface area contributed by atoms with E-state index in [0.717, 1.165) is 18.3 Å². The maximum absolute atomic E-state index is 12.3. The predicted octanol–water partition coefficient (Wildman–Crippen LogP) is 1.94. The molecular weight excluding hydrogens is 277 g/mol. The fourth-order valence-corrected chi connectivity index (χ4v) is 1.44. The molecule has 0 bridgehead atoms. The van der Waals surface area contributed by atoms with Crippen molar-refractivity contribution in [3.05, 3.63) is 29.6 Å². The second kappa shape index (κ2) is 6.36. The smallest absolute Gasteiger partial charge is 0.433 e. The number of carboxylic acids is 1. The van der Waals surface area contributed by atoms with Crippen LogP contribution in [0.5, 0.6) is 0 Å². The van der Waals surface area contributed by atoms with Crippen molar-refractivity contribution in [1.82, 2.24) is 10.3 Å². The Bertz CT molecular complexity index is 486. The molecule has 1 heterocycles. The highest BCUT2D eigenvalue weighted by Gasteiger charge is 2.32. The zero-order chi connectivity index (χ0) is 15.3. The molecule has 1 amide bonds. The number of amides is 1. The number of hydrogen-bond donors (Lipinski definition) is 2. The summed E-state index contributed by atoms with van der Waals surface area (Å²) in [6, 6.07) is 1.74. The Morgan fingerprint density at radius 1 is 1.40 bits per heavy atom. The highest BCUT2D eigenvalue weighted by atomic mass is 19.4. The Morgan fingerprint density at radius 2 is 2.05 bits per heavy atom. The number of aliphatic carboxylic acids is 1. The number of hydrogen-bond acceptors (Lipinski definition) is 3. The fraction of sp³-hybridized carbons (Fsp3) is 0.417. The molecular formula is C12H13F3N2O3. The van der Waals surface area contributed by atoms with E-state index in [1.54, 1.807) is 6.92 Å². The Morgan fingerprint density at radius 3 is 2.50 bits per heavy atom. The van der Waals surface area contributed by atoms with Crippen molar-refractivity contribution in [2.24, 2.45) is 5.92 Å². The number of pyridine rings is 1. The molecule has 1 aromatic rings. The van der Waals surface area contributed by atoms with E-state index >= 15 is 0 Å². The summed E-state index contributed by atoms with van der Waals surface area (Å²) in [4.78, 5) is 25.2. The molecule has 110 valence electrons. The maximum atomic E-state index is 12.3. The molecule has 0 radical (unpaired) electrons. The minimum atomic E-state index is -4.55. The SMILES string of the molecule is CC(CNC(=O)c1ccc(C(F)(F)F)nc1)CC(=O)O. The van der Waals surface area contributed by atoms with Crippen LogP contribution in [-0.2, 0) is 11.0 Å². The summed E-state index contributed by atoms with van der Waals surface area (Å²) in [5.41, 5.74) is -1.09. The Hall–Kier alpha value is -2.12. The predicted molar refractivity (Wildman–Crippen MR) is 63.0 cm³/mol. The van der Waals surface area contributed by atoms with E-state index in [1.807, 2.05) is 0 Å². The van der Waals surface area contributed by atoms with Gasteiger partial charge in [-0.05, 0) is 18.1 Å². The molecule has 0 aliphatic heterocycles. The van der Waals surface area contributed by atoms with Gasteiger partial charge in [-0.2, -0.15) is 13.2 Å². The average Bonchev–Trinajstić information content (AvgIpc) is 2.34. The molecule has 5 nitrogen and oxygen atoms in total.